The SMILES string of the molecule is Cc1scc(CNC(=O)Cc2c[nH]c3ccccc23)c1C. The zero-order chi connectivity index (χ0) is 14.8. The molecule has 21 heavy (non-hydrogen) atoms. The molecule has 3 aromatic rings. The standard InChI is InChI=1S/C17H18N2OS/c1-11-12(2)21-10-14(11)9-19-17(20)7-13-8-18-16-6-4-3-5-15(13)16/h3-6,8,10,18H,7,9H2,1-2H3,(H,19,20). The fourth-order valence-electron chi connectivity index (χ4n) is 2.44. The molecule has 0 aliphatic heterocycles. The topological polar surface area (TPSA) is 44.9 Å². The highest BCUT2D eigenvalue weighted by atomic mass is 32.1. The van der Waals surface area contributed by atoms with Gasteiger partial charge in [0.15, 0.2) is 0 Å². The van der Waals surface area contributed by atoms with Gasteiger partial charge in [-0.2, -0.15) is 0 Å². The van der Waals surface area contributed by atoms with Crippen LogP contribution in [0.5, 0.6) is 0 Å². The monoisotopic (exact) mass is 298 g/mol. The highest BCUT2D eigenvalue weighted by Crippen LogP contribution is 2.21. The van der Waals surface area contributed by atoms with Crippen molar-refractivity contribution in [2.75, 3.05) is 0 Å². The predicted octanol–water partition coefficient (Wildman–Crippen LogP) is 3.71. The number of rotatable bonds is 4. The molecule has 2 heterocycles. The molecule has 0 aliphatic carbocycles. The molecule has 4 heteroatoms. The highest BCUT2D eigenvalue weighted by Gasteiger charge is 2.09. The van der Waals surface area contributed by atoms with Gasteiger partial charge in [0.25, 0.3) is 0 Å². The molecule has 3 rings (SSSR count). The Hall–Kier alpha value is -2.07. The third-order valence-corrected chi connectivity index (χ3v) is 4.95. The molecule has 1 amide bonds. The molecular formula is C17H18N2OS. The van der Waals surface area contributed by atoms with Gasteiger partial charge >= 0.3 is 0 Å². The lowest BCUT2D eigenvalue weighted by molar-refractivity contribution is -0.120. The van der Waals surface area contributed by atoms with Crippen LogP contribution < -0.4 is 5.32 Å². The number of fused-ring (bicyclic) bond motifs is 1. The van der Waals surface area contributed by atoms with Gasteiger partial charge in [0, 0.05) is 28.5 Å². The smallest absolute Gasteiger partial charge is 0.224 e. The zero-order valence-electron chi connectivity index (χ0n) is 12.2. The maximum Gasteiger partial charge on any atom is 0.224 e. The molecule has 2 aromatic heterocycles. The van der Waals surface area contributed by atoms with Gasteiger partial charge in [-0.1, -0.05) is 18.2 Å². The quantitative estimate of drug-likeness (QED) is 0.758. The van der Waals surface area contributed by atoms with E-state index in [0.717, 1.165) is 16.5 Å². The first-order chi connectivity index (χ1) is 10.1. The first-order valence-electron chi connectivity index (χ1n) is 7.00. The molecule has 0 radical (unpaired) electrons. The molecule has 0 aliphatic rings. The summed E-state index contributed by atoms with van der Waals surface area (Å²) >= 11 is 1.73. The minimum absolute atomic E-state index is 0.0583. The molecule has 2 N–H and O–H groups in total. The molecule has 0 atom stereocenters. The van der Waals surface area contributed by atoms with Gasteiger partial charge in [0.05, 0.1) is 6.42 Å². The summed E-state index contributed by atoms with van der Waals surface area (Å²) in [6.07, 6.45) is 2.33. The lowest BCUT2D eigenvalue weighted by Crippen LogP contribution is -2.24. The van der Waals surface area contributed by atoms with Crippen molar-refractivity contribution in [1.29, 1.82) is 0 Å². The number of H-pyrrole nitrogens is 1. The Morgan fingerprint density at radius 1 is 1.24 bits per heavy atom. The van der Waals surface area contributed by atoms with Crippen molar-refractivity contribution in [2.45, 2.75) is 26.8 Å². The number of hydrogen-bond donors (Lipinski definition) is 2. The number of amides is 1. The molecule has 0 bridgehead atoms. The van der Waals surface area contributed by atoms with E-state index in [9.17, 15) is 4.79 Å². The van der Waals surface area contributed by atoms with Crippen LogP contribution in [-0.4, -0.2) is 10.9 Å². The van der Waals surface area contributed by atoms with Crippen LogP contribution >= 0.6 is 11.3 Å². The average Bonchev–Trinajstić information content (AvgIpc) is 3.03. The van der Waals surface area contributed by atoms with Gasteiger partial charge < -0.3 is 10.3 Å². The number of carbonyl (C=O) groups excluding carboxylic acids is 1. The van der Waals surface area contributed by atoms with Gasteiger partial charge in [0.1, 0.15) is 0 Å². The van der Waals surface area contributed by atoms with E-state index < -0.39 is 0 Å². The molecule has 108 valence electrons. The van der Waals surface area contributed by atoms with E-state index in [1.165, 1.54) is 16.0 Å². The average molecular weight is 298 g/mol. The Bertz CT molecular complexity index is 785. The van der Waals surface area contributed by atoms with E-state index in [1.54, 1.807) is 11.3 Å². The van der Waals surface area contributed by atoms with Crippen LogP contribution in [0.25, 0.3) is 10.9 Å². The van der Waals surface area contributed by atoms with E-state index in [4.69, 9.17) is 0 Å². The summed E-state index contributed by atoms with van der Waals surface area (Å²) in [5, 5.41) is 6.25. The summed E-state index contributed by atoms with van der Waals surface area (Å²) in [5.41, 5.74) is 4.61. The number of nitrogens with one attached hydrogen (secondary N) is 2. The van der Waals surface area contributed by atoms with E-state index in [2.05, 4.69) is 29.5 Å². The largest absolute Gasteiger partial charge is 0.361 e. The number of aryl methyl sites for hydroxylation is 1. The summed E-state index contributed by atoms with van der Waals surface area (Å²) in [5.74, 6) is 0.0583. The minimum atomic E-state index is 0.0583. The fourth-order valence-corrected chi connectivity index (χ4v) is 3.33. The van der Waals surface area contributed by atoms with Crippen LogP contribution in [0.3, 0.4) is 0 Å². The maximum atomic E-state index is 12.1. The number of hydrogen-bond acceptors (Lipinski definition) is 2. The van der Waals surface area contributed by atoms with Crippen molar-refractivity contribution >= 4 is 28.1 Å². The van der Waals surface area contributed by atoms with Crippen molar-refractivity contribution in [2.24, 2.45) is 0 Å². The Balaban J connectivity index is 1.65. The molecule has 0 saturated carbocycles. The van der Waals surface area contributed by atoms with E-state index in [0.29, 0.717) is 13.0 Å². The summed E-state index contributed by atoms with van der Waals surface area (Å²) in [6.45, 7) is 4.82. The Kier molecular flexibility index (Phi) is 3.80. The third-order valence-electron chi connectivity index (χ3n) is 3.89. The van der Waals surface area contributed by atoms with Crippen molar-refractivity contribution in [1.82, 2.24) is 10.3 Å². The predicted molar refractivity (Wildman–Crippen MR) is 87.6 cm³/mol. The van der Waals surface area contributed by atoms with Crippen LogP contribution in [-0.2, 0) is 17.8 Å². The number of carbonyl (C=O) groups is 1. The van der Waals surface area contributed by atoms with Crippen LogP contribution in [0.4, 0.5) is 0 Å². The number of benzene rings is 1. The van der Waals surface area contributed by atoms with Crippen molar-refractivity contribution in [3.05, 3.63) is 57.4 Å². The maximum absolute atomic E-state index is 12.1. The Morgan fingerprint density at radius 3 is 2.81 bits per heavy atom. The lowest BCUT2D eigenvalue weighted by Gasteiger charge is -2.05. The fraction of sp³-hybridized carbons (Fsp3) is 0.235. The molecule has 0 spiro atoms. The summed E-state index contributed by atoms with van der Waals surface area (Å²) in [7, 11) is 0. The second-order valence-corrected chi connectivity index (χ2v) is 6.34. The number of para-hydroxylation sites is 1. The second-order valence-electron chi connectivity index (χ2n) is 5.26. The normalized spacial score (nSPS) is 11.0. The first-order valence-corrected chi connectivity index (χ1v) is 7.88. The molecular weight excluding hydrogens is 280 g/mol. The van der Waals surface area contributed by atoms with Gasteiger partial charge in [-0.15, -0.1) is 11.3 Å². The van der Waals surface area contributed by atoms with Crippen LogP contribution in [0.2, 0.25) is 0 Å². The first kappa shape index (κ1) is 13.9. The van der Waals surface area contributed by atoms with E-state index in [1.807, 2.05) is 30.5 Å². The zero-order valence-corrected chi connectivity index (χ0v) is 13.0. The van der Waals surface area contributed by atoms with E-state index in [-0.39, 0.29) is 5.91 Å². The van der Waals surface area contributed by atoms with Gasteiger partial charge in [-0.25, -0.2) is 0 Å². The highest BCUT2D eigenvalue weighted by molar-refractivity contribution is 7.10. The number of aromatic nitrogens is 1. The van der Waals surface area contributed by atoms with Gasteiger partial charge in [-0.3, -0.25) is 4.79 Å². The molecule has 1 aromatic carbocycles. The summed E-state index contributed by atoms with van der Waals surface area (Å²) in [6, 6.07) is 8.05. The molecule has 0 unspecified atom stereocenters. The van der Waals surface area contributed by atoms with E-state index >= 15 is 0 Å². The van der Waals surface area contributed by atoms with Crippen molar-refractivity contribution in [3.8, 4) is 0 Å². The molecule has 0 saturated heterocycles. The van der Waals surface area contributed by atoms with Crippen molar-refractivity contribution < 1.29 is 4.79 Å². The molecule has 0 fully saturated rings. The number of thiophene rings is 1. The van der Waals surface area contributed by atoms with Crippen LogP contribution in [0.15, 0.2) is 35.8 Å². The third kappa shape index (κ3) is 2.85. The lowest BCUT2D eigenvalue weighted by atomic mass is 10.1. The minimum Gasteiger partial charge on any atom is -0.361 e. The van der Waals surface area contributed by atoms with Crippen molar-refractivity contribution in [3.63, 3.8) is 0 Å². The Labute approximate surface area is 128 Å². The number of aromatic amines is 1. The van der Waals surface area contributed by atoms with Crippen LogP contribution in [0, 0.1) is 13.8 Å². The van der Waals surface area contributed by atoms with Gasteiger partial charge in [-0.05, 0) is 42.0 Å². The van der Waals surface area contributed by atoms with Gasteiger partial charge in [0.2, 0.25) is 5.91 Å². The molecule has 3 nitrogen and oxygen atoms in total. The summed E-state index contributed by atoms with van der Waals surface area (Å²) in [4.78, 5) is 16.6. The Morgan fingerprint density at radius 2 is 2.05 bits per heavy atom. The second kappa shape index (κ2) is 5.74. The van der Waals surface area contributed by atoms with Crippen LogP contribution in [0.1, 0.15) is 21.6 Å². The summed E-state index contributed by atoms with van der Waals surface area (Å²) < 4.78 is 0.